The van der Waals surface area contributed by atoms with E-state index in [1.165, 1.54) is 0 Å². The molecule has 1 aromatic rings. The van der Waals surface area contributed by atoms with Crippen molar-refractivity contribution in [3.63, 3.8) is 0 Å². The number of rotatable bonds is 14. The van der Waals surface area contributed by atoms with Gasteiger partial charge in [-0.05, 0) is 66.8 Å². The molecule has 0 bridgehead atoms. The van der Waals surface area contributed by atoms with E-state index < -0.39 is 53.3 Å². The van der Waals surface area contributed by atoms with Gasteiger partial charge in [-0.3, -0.25) is 19.2 Å². The van der Waals surface area contributed by atoms with Gasteiger partial charge in [0.1, 0.15) is 24.2 Å². The van der Waals surface area contributed by atoms with E-state index in [2.05, 4.69) is 29.8 Å². The third-order valence-electron chi connectivity index (χ3n) is 12.3. The van der Waals surface area contributed by atoms with E-state index in [0.29, 0.717) is 13.0 Å². The van der Waals surface area contributed by atoms with E-state index in [1.807, 2.05) is 44.2 Å². The molecule has 3 aliphatic carbocycles. The number of hydrogen-bond acceptors (Lipinski definition) is 7. The van der Waals surface area contributed by atoms with Crippen molar-refractivity contribution in [2.24, 2.45) is 40.7 Å². The topological polar surface area (TPSA) is 177 Å². The molecular weight excluding hydrogens is 638 g/mol. The number of benzene rings is 1. The van der Waals surface area contributed by atoms with Crippen molar-refractivity contribution in [2.75, 3.05) is 6.54 Å². The van der Waals surface area contributed by atoms with Gasteiger partial charge in [-0.2, -0.15) is 0 Å². The van der Waals surface area contributed by atoms with Gasteiger partial charge >= 0.3 is 12.0 Å². The maximum atomic E-state index is 14.6. The minimum atomic E-state index is -1.39. The molecule has 1 aliphatic heterocycles. The number of hydrogen-bond donors (Lipinski definition) is 4. The predicted octanol–water partition coefficient (Wildman–Crippen LogP) is 3.61. The highest BCUT2D eigenvalue weighted by atomic mass is 16.5. The number of amides is 5. The Morgan fingerprint density at radius 1 is 0.960 bits per heavy atom. The van der Waals surface area contributed by atoms with Crippen molar-refractivity contribution in [3.05, 3.63) is 35.9 Å². The predicted molar refractivity (Wildman–Crippen MR) is 186 cm³/mol. The first kappa shape index (κ1) is 37.3. The molecule has 6 atom stereocenters. The summed E-state index contributed by atoms with van der Waals surface area (Å²) in [6.45, 7) is 9.78. The van der Waals surface area contributed by atoms with Crippen molar-refractivity contribution < 1.29 is 33.5 Å². The van der Waals surface area contributed by atoms with E-state index >= 15 is 0 Å². The Balaban J connectivity index is 1.34. The number of nitrogens with zero attached hydrogens (tertiary/aromatic N) is 1. The number of urea groups is 1. The Morgan fingerprint density at radius 2 is 1.62 bits per heavy atom. The van der Waals surface area contributed by atoms with Crippen molar-refractivity contribution in [3.8, 4) is 0 Å². The summed E-state index contributed by atoms with van der Waals surface area (Å²) in [5, 5.41) is 8.59. The molecule has 5 rings (SSSR count). The number of ketones is 1. The van der Waals surface area contributed by atoms with Crippen LogP contribution in [0.3, 0.4) is 0 Å². The zero-order chi connectivity index (χ0) is 36.4. The molecule has 12 heteroatoms. The van der Waals surface area contributed by atoms with Crippen LogP contribution >= 0.6 is 0 Å². The molecule has 0 radical (unpaired) electrons. The highest BCUT2D eigenvalue weighted by Gasteiger charge is 2.69. The van der Waals surface area contributed by atoms with Gasteiger partial charge in [0, 0.05) is 6.54 Å². The third-order valence-corrected chi connectivity index (χ3v) is 12.3. The fourth-order valence-corrected chi connectivity index (χ4v) is 8.28. The number of ether oxygens (including phenoxy) is 1. The van der Waals surface area contributed by atoms with Crippen molar-refractivity contribution in [1.29, 1.82) is 0 Å². The molecule has 5 amide bonds. The van der Waals surface area contributed by atoms with E-state index in [1.54, 1.807) is 11.8 Å². The minimum absolute atomic E-state index is 0.0537. The van der Waals surface area contributed by atoms with Crippen LogP contribution in [-0.2, 0) is 35.3 Å². The summed E-state index contributed by atoms with van der Waals surface area (Å²) in [4.78, 5) is 82.1. The largest absolute Gasteiger partial charge is 0.459 e. The molecule has 12 nitrogen and oxygen atoms in total. The summed E-state index contributed by atoms with van der Waals surface area (Å²) in [7, 11) is 0. The lowest BCUT2D eigenvalue weighted by Gasteiger charge is -2.38. The lowest BCUT2D eigenvalue weighted by atomic mass is 9.80. The second-order valence-electron chi connectivity index (χ2n) is 16.1. The van der Waals surface area contributed by atoms with Gasteiger partial charge in [0.2, 0.25) is 17.6 Å². The lowest BCUT2D eigenvalue weighted by Crippen LogP contribution is -2.63. The molecule has 5 N–H and O–H groups in total. The van der Waals surface area contributed by atoms with Crippen LogP contribution in [0.15, 0.2) is 30.3 Å². The normalized spacial score (nSPS) is 25.2. The Morgan fingerprint density at radius 3 is 2.20 bits per heavy atom. The Hall–Kier alpha value is -3.96. The number of nitrogens with two attached hydrogens (primary N) is 1. The number of carbonyl (C=O) groups is 6. The molecule has 4 fully saturated rings. The SMILES string of the molecule is CC(C)[C@](C)(NC(=O)N[C@H](C(=O)N1C[C@H]2[C@@H]([C@H]1C(=O)NC(CC1CCC1)C(=O)C(N)=O)C2(C)C)C1CCCCC1)C(=O)OCc1ccccc1. The highest BCUT2D eigenvalue weighted by Crippen LogP contribution is 2.65. The second kappa shape index (κ2) is 15.1. The monoisotopic (exact) mass is 693 g/mol. The number of carbonyl (C=O) groups excluding carboxylic acids is 6. The van der Waals surface area contributed by atoms with Crippen LogP contribution in [0.25, 0.3) is 0 Å². The zero-order valence-corrected chi connectivity index (χ0v) is 30.2. The summed E-state index contributed by atoms with van der Waals surface area (Å²) >= 11 is 0. The average Bonchev–Trinajstić information content (AvgIpc) is 3.37. The number of primary amides is 1. The first-order chi connectivity index (χ1) is 23.6. The van der Waals surface area contributed by atoms with Gasteiger partial charge in [0.25, 0.3) is 5.91 Å². The van der Waals surface area contributed by atoms with Crippen LogP contribution in [0.4, 0.5) is 4.79 Å². The van der Waals surface area contributed by atoms with Gasteiger partial charge < -0.3 is 31.3 Å². The number of fused-ring (bicyclic) bond motifs is 1. The van der Waals surface area contributed by atoms with Gasteiger partial charge in [-0.1, -0.05) is 96.6 Å². The maximum absolute atomic E-state index is 14.6. The molecule has 1 unspecified atom stereocenters. The molecule has 1 heterocycles. The molecule has 0 aromatic heterocycles. The quantitative estimate of drug-likeness (QED) is 0.170. The minimum Gasteiger partial charge on any atom is -0.459 e. The van der Waals surface area contributed by atoms with E-state index in [4.69, 9.17) is 10.5 Å². The second-order valence-corrected chi connectivity index (χ2v) is 16.1. The van der Waals surface area contributed by atoms with Crippen LogP contribution in [0, 0.1) is 35.0 Å². The number of Topliss-reactive ketones (excluding diaryl/α,β-unsaturated/α-hetero) is 1. The van der Waals surface area contributed by atoms with Crippen molar-refractivity contribution in [1.82, 2.24) is 20.9 Å². The first-order valence-corrected chi connectivity index (χ1v) is 18.4. The smallest absolute Gasteiger partial charge is 0.332 e. The van der Waals surface area contributed by atoms with Crippen molar-refractivity contribution in [2.45, 2.75) is 123 Å². The van der Waals surface area contributed by atoms with E-state index in [9.17, 15) is 28.8 Å². The number of esters is 1. The zero-order valence-electron chi connectivity index (χ0n) is 30.2. The first-order valence-electron chi connectivity index (χ1n) is 18.4. The summed E-state index contributed by atoms with van der Waals surface area (Å²) in [6, 6.07) is 5.77. The van der Waals surface area contributed by atoms with Crippen LogP contribution in [0.5, 0.6) is 0 Å². The van der Waals surface area contributed by atoms with Gasteiger partial charge in [-0.15, -0.1) is 0 Å². The van der Waals surface area contributed by atoms with Gasteiger partial charge in [-0.25, -0.2) is 9.59 Å². The fraction of sp³-hybridized carbons (Fsp3) is 0.684. The number of nitrogens with one attached hydrogen (secondary N) is 3. The van der Waals surface area contributed by atoms with Crippen LogP contribution in [0.1, 0.15) is 98.0 Å². The number of piperidine rings is 1. The number of likely N-dealkylation sites (tertiary alicyclic amines) is 1. The Labute approximate surface area is 295 Å². The van der Waals surface area contributed by atoms with Crippen molar-refractivity contribution >= 4 is 35.5 Å². The molecule has 50 heavy (non-hydrogen) atoms. The van der Waals surface area contributed by atoms with Crippen LogP contribution in [0.2, 0.25) is 0 Å². The van der Waals surface area contributed by atoms with Gasteiger partial charge in [0.15, 0.2) is 0 Å². The Bertz CT molecular complexity index is 1450. The fourth-order valence-electron chi connectivity index (χ4n) is 8.28. The Kier molecular flexibility index (Phi) is 11.3. The molecule has 4 aliphatic rings. The van der Waals surface area contributed by atoms with Gasteiger partial charge in [0.05, 0.1) is 6.04 Å². The van der Waals surface area contributed by atoms with Crippen LogP contribution in [-0.4, -0.2) is 70.6 Å². The maximum Gasteiger partial charge on any atom is 0.332 e. The highest BCUT2D eigenvalue weighted by molar-refractivity contribution is 6.37. The van der Waals surface area contributed by atoms with E-state index in [-0.39, 0.29) is 47.5 Å². The lowest BCUT2D eigenvalue weighted by molar-refractivity contribution is -0.153. The molecule has 3 saturated carbocycles. The standard InChI is InChI=1S/C38H55N5O7/c1-22(2)38(5,35(48)50-21-24-13-8-6-9-14-24)42-36(49)41-29(25-17-10-7-11-18-25)34(47)43-20-26-28(37(26,3)4)30(43)33(46)40-27(31(44)32(39)45)19-23-15-12-16-23/h6,8-9,13-14,22-23,25-30H,7,10-12,15-21H2,1-5H3,(H2,39,45)(H,40,46)(H2,41,42,49)/t26-,27?,28-,29-,30-,38-/m0/s1. The molecule has 1 aromatic carbocycles. The molecule has 1 saturated heterocycles. The molecular formula is C38H55N5O7. The van der Waals surface area contributed by atoms with Crippen LogP contribution < -0.4 is 21.7 Å². The average molecular weight is 694 g/mol. The summed E-state index contributed by atoms with van der Waals surface area (Å²) in [5.41, 5.74) is 4.61. The third kappa shape index (κ3) is 7.84. The summed E-state index contributed by atoms with van der Waals surface area (Å²) in [6.07, 6.45) is 7.53. The molecule has 0 spiro atoms. The molecule has 274 valence electrons. The summed E-state index contributed by atoms with van der Waals surface area (Å²) < 4.78 is 5.63. The van der Waals surface area contributed by atoms with E-state index in [0.717, 1.165) is 56.9 Å². The summed E-state index contributed by atoms with van der Waals surface area (Å²) in [5.74, 6) is -3.68.